The van der Waals surface area contributed by atoms with E-state index in [1.165, 1.54) is 56.2 Å². The molecule has 2 aliphatic carbocycles. The summed E-state index contributed by atoms with van der Waals surface area (Å²) < 4.78 is 0. The average Bonchev–Trinajstić information content (AvgIpc) is 2.67. The minimum Gasteiger partial charge on any atom is -0.397 e. The van der Waals surface area contributed by atoms with Gasteiger partial charge in [0.05, 0.1) is 11.9 Å². The minimum atomic E-state index is 0.607. The van der Waals surface area contributed by atoms with Crippen LogP contribution in [0, 0.1) is 5.41 Å². The number of hydrogen-bond acceptors (Lipinski definition) is 2. The summed E-state index contributed by atoms with van der Waals surface area (Å²) in [7, 11) is 0. The maximum absolute atomic E-state index is 5.76. The fourth-order valence-electron chi connectivity index (χ4n) is 3.33. The van der Waals surface area contributed by atoms with Gasteiger partial charge < -0.3 is 5.73 Å². The van der Waals surface area contributed by atoms with Crippen molar-refractivity contribution < 1.29 is 0 Å². The van der Waals surface area contributed by atoms with Crippen LogP contribution in [0.15, 0.2) is 12.3 Å². The molecule has 0 atom stereocenters. The van der Waals surface area contributed by atoms with Crippen molar-refractivity contribution in [3.8, 4) is 0 Å². The first kappa shape index (κ1) is 9.20. The van der Waals surface area contributed by atoms with Gasteiger partial charge in [0.15, 0.2) is 0 Å². The summed E-state index contributed by atoms with van der Waals surface area (Å²) in [5, 5.41) is 0. The van der Waals surface area contributed by atoms with E-state index < -0.39 is 0 Å². The molecular formula is C13H18N2. The Morgan fingerprint density at radius 3 is 2.80 bits per heavy atom. The Kier molecular flexibility index (Phi) is 1.98. The molecule has 2 aliphatic rings. The normalized spacial score (nSPS) is 22.9. The van der Waals surface area contributed by atoms with Crippen LogP contribution in [0.25, 0.3) is 0 Å². The molecule has 2 nitrogen and oxygen atoms in total. The first-order valence-electron chi connectivity index (χ1n) is 6.01. The van der Waals surface area contributed by atoms with Gasteiger partial charge in [-0.2, -0.15) is 0 Å². The van der Waals surface area contributed by atoms with Crippen molar-refractivity contribution in [2.24, 2.45) is 5.41 Å². The van der Waals surface area contributed by atoms with Gasteiger partial charge in [-0.05, 0) is 49.1 Å². The van der Waals surface area contributed by atoms with Crippen molar-refractivity contribution in [1.82, 2.24) is 4.98 Å². The van der Waals surface area contributed by atoms with E-state index >= 15 is 0 Å². The summed E-state index contributed by atoms with van der Waals surface area (Å²) in [6, 6.07) is 2.12. The summed E-state index contributed by atoms with van der Waals surface area (Å²) in [6.07, 6.45) is 11.2. The maximum Gasteiger partial charge on any atom is 0.0503 e. The molecular weight excluding hydrogens is 184 g/mol. The maximum atomic E-state index is 5.76. The summed E-state index contributed by atoms with van der Waals surface area (Å²) in [5.74, 6) is 0. The van der Waals surface area contributed by atoms with E-state index in [9.17, 15) is 0 Å². The summed E-state index contributed by atoms with van der Waals surface area (Å²) >= 11 is 0. The van der Waals surface area contributed by atoms with E-state index in [1.807, 2.05) is 6.20 Å². The molecule has 0 bridgehead atoms. The molecule has 1 spiro atoms. The minimum absolute atomic E-state index is 0.607. The highest BCUT2D eigenvalue weighted by molar-refractivity contribution is 5.41. The number of anilines is 1. The SMILES string of the molecule is Nc1cnc2c(c1)CCC1(CCCC1)C2. The molecule has 1 heterocycles. The standard InChI is InChI=1S/C13H18N2/c14-11-7-10-3-6-13(4-1-2-5-13)8-12(10)15-9-11/h7,9H,1-6,8,14H2. The first-order chi connectivity index (χ1) is 7.27. The van der Waals surface area contributed by atoms with Gasteiger partial charge >= 0.3 is 0 Å². The van der Waals surface area contributed by atoms with Crippen LogP contribution in [-0.2, 0) is 12.8 Å². The Morgan fingerprint density at radius 2 is 2.00 bits per heavy atom. The van der Waals surface area contributed by atoms with Gasteiger partial charge in [-0.1, -0.05) is 12.8 Å². The third-order valence-corrected chi connectivity index (χ3v) is 4.21. The van der Waals surface area contributed by atoms with Gasteiger partial charge in [0, 0.05) is 5.69 Å². The molecule has 3 rings (SSSR count). The van der Waals surface area contributed by atoms with Crippen LogP contribution in [0.3, 0.4) is 0 Å². The van der Waals surface area contributed by atoms with Gasteiger partial charge in [0.2, 0.25) is 0 Å². The Balaban J connectivity index is 1.93. The third kappa shape index (κ3) is 1.52. The van der Waals surface area contributed by atoms with Crippen molar-refractivity contribution in [1.29, 1.82) is 0 Å². The second kappa shape index (κ2) is 3.22. The highest BCUT2D eigenvalue weighted by Gasteiger charge is 2.37. The smallest absolute Gasteiger partial charge is 0.0503 e. The number of nitrogens with zero attached hydrogens (tertiary/aromatic N) is 1. The molecule has 2 heteroatoms. The molecule has 1 saturated carbocycles. The predicted molar refractivity (Wildman–Crippen MR) is 61.6 cm³/mol. The topological polar surface area (TPSA) is 38.9 Å². The van der Waals surface area contributed by atoms with Crippen molar-refractivity contribution in [2.75, 3.05) is 5.73 Å². The molecule has 0 aliphatic heterocycles. The molecule has 2 N–H and O–H groups in total. The summed E-state index contributed by atoms with van der Waals surface area (Å²) in [6.45, 7) is 0. The van der Waals surface area contributed by atoms with E-state index in [4.69, 9.17) is 5.73 Å². The second-order valence-electron chi connectivity index (χ2n) is 5.26. The molecule has 80 valence electrons. The molecule has 0 amide bonds. The van der Waals surface area contributed by atoms with E-state index in [0.29, 0.717) is 5.41 Å². The van der Waals surface area contributed by atoms with Crippen molar-refractivity contribution >= 4 is 5.69 Å². The van der Waals surface area contributed by atoms with E-state index in [0.717, 1.165) is 5.69 Å². The van der Waals surface area contributed by atoms with Gasteiger partial charge in [-0.3, -0.25) is 4.98 Å². The first-order valence-corrected chi connectivity index (χ1v) is 6.01. The molecule has 1 aromatic heterocycles. The van der Waals surface area contributed by atoms with Crippen LogP contribution in [0.1, 0.15) is 43.4 Å². The van der Waals surface area contributed by atoms with Crippen molar-refractivity contribution in [3.63, 3.8) is 0 Å². The Hall–Kier alpha value is -1.05. The van der Waals surface area contributed by atoms with Gasteiger partial charge in [0.25, 0.3) is 0 Å². The quantitative estimate of drug-likeness (QED) is 0.702. The molecule has 1 fully saturated rings. The molecule has 0 aromatic carbocycles. The molecule has 0 radical (unpaired) electrons. The summed E-state index contributed by atoms with van der Waals surface area (Å²) in [5.41, 5.74) is 9.90. The number of aryl methyl sites for hydroxylation is 1. The highest BCUT2D eigenvalue weighted by Crippen LogP contribution is 2.47. The number of hydrogen-bond donors (Lipinski definition) is 1. The molecule has 0 unspecified atom stereocenters. The zero-order chi connectivity index (χ0) is 10.3. The Morgan fingerprint density at radius 1 is 1.20 bits per heavy atom. The lowest BCUT2D eigenvalue weighted by Crippen LogP contribution is -2.26. The monoisotopic (exact) mass is 202 g/mol. The highest BCUT2D eigenvalue weighted by atomic mass is 14.7. The van der Waals surface area contributed by atoms with Gasteiger partial charge in [-0.25, -0.2) is 0 Å². The fourth-order valence-corrected chi connectivity index (χ4v) is 3.33. The van der Waals surface area contributed by atoms with Crippen LogP contribution in [-0.4, -0.2) is 4.98 Å². The van der Waals surface area contributed by atoms with Gasteiger partial charge in [0.1, 0.15) is 0 Å². The Bertz CT molecular complexity index is 378. The van der Waals surface area contributed by atoms with Crippen LogP contribution < -0.4 is 5.73 Å². The number of rotatable bonds is 0. The predicted octanol–water partition coefficient (Wildman–Crippen LogP) is 2.71. The lowest BCUT2D eigenvalue weighted by molar-refractivity contribution is 0.251. The molecule has 0 saturated heterocycles. The zero-order valence-electron chi connectivity index (χ0n) is 9.13. The summed E-state index contributed by atoms with van der Waals surface area (Å²) in [4.78, 5) is 4.51. The largest absolute Gasteiger partial charge is 0.397 e. The van der Waals surface area contributed by atoms with E-state index in [1.54, 1.807) is 0 Å². The van der Waals surface area contributed by atoms with E-state index in [2.05, 4.69) is 11.1 Å². The lowest BCUT2D eigenvalue weighted by Gasteiger charge is -2.34. The Labute approximate surface area is 90.9 Å². The number of pyridine rings is 1. The fraction of sp³-hybridized carbons (Fsp3) is 0.615. The van der Waals surface area contributed by atoms with E-state index in [-0.39, 0.29) is 0 Å². The number of nitrogen functional groups attached to an aromatic ring is 1. The van der Waals surface area contributed by atoms with Crippen LogP contribution in [0.4, 0.5) is 5.69 Å². The molecule has 15 heavy (non-hydrogen) atoms. The van der Waals surface area contributed by atoms with Crippen LogP contribution >= 0.6 is 0 Å². The average molecular weight is 202 g/mol. The van der Waals surface area contributed by atoms with Gasteiger partial charge in [-0.15, -0.1) is 0 Å². The second-order valence-corrected chi connectivity index (χ2v) is 5.26. The van der Waals surface area contributed by atoms with Crippen molar-refractivity contribution in [3.05, 3.63) is 23.5 Å². The number of fused-ring (bicyclic) bond motifs is 1. The third-order valence-electron chi connectivity index (χ3n) is 4.21. The van der Waals surface area contributed by atoms with Crippen LogP contribution in [0.5, 0.6) is 0 Å². The number of aromatic nitrogens is 1. The van der Waals surface area contributed by atoms with Crippen LogP contribution in [0.2, 0.25) is 0 Å². The lowest BCUT2D eigenvalue weighted by atomic mass is 9.72. The number of nitrogens with two attached hydrogens (primary N) is 1. The van der Waals surface area contributed by atoms with Crippen molar-refractivity contribution in [2.45, 2.75) is 44.9 Å². The zero-order valence-corrected chi connectivity index (χ0v) is 9.13. The molecule has 1 aromatic rings.